The van der Waals surface area contributed by atoms with E-state index in [9.17, 15) is 44.4 Å². The SMILES string of the molecule is COC1=CC(=O)c2c(O)c3c(c(O)c2C1=O)C(=O)C1(CCc2cc4cc(CO)[nH]c(=O)c4c(O)c21)C3=O. The number of hydrogen-bond acceptors (Lipinski definition) is 10. The predicted octanol–water partition coefficient (Wildman–Crippen LogP) is 1.31. The highest BCUT2D eigenvalue weighted by Gasteiger charge is 2.61. The Morgan fingerprint density at radius 2 is 1.57 bits per heavy atom. The summed E-state index contributed by atoms with van der Waals surface area (Å²) in [5, 5.41) is 42.7. The number of aliphatic hydroxyl groups excluding tert-OH is 1. The Balaban J connectivity index is 1.65. The van der Waals surface area contributed by atoms with Crippen molar-refractivity contribution in [2.45, 2.75) is 24.9 Å². The van der Waals surface area contributed by atoms with Crippen LogP contribution in [0.5, 0.6) is 17.2 Å². The molecule has 0 fully saturated rings. The molecule has 3 aliphatic rings. The number of aromatic amines is 1. The number of aryl methyl sites for hydroxylation is 1. The normalized spacial score (nSPS) is 19.9. The number of carbonyl (C=O) groups excluding carboxylic acids is 4. The van der Waals surface area contributed by atoms with Gasteiger partial charge in [0.1, 0.15) is 22.7 Å². The fourth-order valence-corrected chi connectivity index (χ4v) is 5.88. The van der Waals surface area contributed by atoms with Crippen molar-refractivity contribution in [1.29, 1.82) is 0 Å². The van der Waals surface area contributed by atoms with Gasteiger partial charge in [-0.05, 0) is 29.9 Å². The standard InChI is InChI=1S/C26H17NO10/c1-37-12-6-11(29)14-15(19(12)30)21(32)17-16(20(14)31)23(34)26(24(17)35)3-2-8-4-9-5-10(7-28)27-25(36)13(9)22(33)18(8)26/h4-6,28,31-33H,2-3,7H2,1H3,(H,27,36). The van der Waals surface area contributed by atoms with E-state index in [1.54, 1.807) is 0 Å². The number of fused-ring (bicyclic) bond motifs is 5. The first-order valence-electron chi connectivity index (χ1n) is 11.2. The van der Waals surface area contributed by atoms with E-state index in [0.717, 1.165) is 13.2 Å². The van der Waals surface area contributed by atoms with Crippen LogP contribution in [0.4, 0.5) is 0 Å². The third kappa shape index (κ3) is 2.50. The highest BCUT2D eigenvalue weighted by Crippen LogP contribution is 2.57. The minimum atomic E-state index is -2.10. The maximum absolute atomic E-state index is 13.9. The summed E-state index contributed by atoms with van der Waals surface area (Å²) < 4.78 is 4.88. The van der Waals surface area contributed by atoms with Gasteiger partial charge in [-0.3, -0.25) is 24.0 Å². The van der Waals surface area contributed by atoms with Gasteiger partial charge in [0.25, 0.3) is 5.56 Å². The highest BCUT2D eigenvalue weighted by molar-refractivity contribution is 6.38. The number of ketones is 4. The molecule has 1 spiro atoms. The second-order valence-electron chi connectivity index (χ2n) is 9.17. The molecule has 11 heteroatoms. The minimum absolute atomic E-state index is 0.125. The molecule has 37 heavy (non-hydrogen) atoms. The molecule has 6 rings (SSSR count). The van der Waals surface area contributed by atoms with E-state index in [2.05, 4.69) is 4.98 Å². The van der Waals surface area contributed by atoms with Crippen molar-refractivity contribution < 1.29 is 44.3 Å². The molecule has 2 aromatic carbocycles. The van der Waals surface area contributed by atoms with E-state index in [1.807, 2.05) is 0 Å². The van der Waals surface area contributed by atoms with Gasteiger partial charge in [-0.25, -0.2) is 0 Å². The number of pyridine rings is 1. The lowest BCUT2D eigenvalue weighted by molar-refractivity contribution is 0.0790. The van der Waals surface area contributed by atoms with Gasteiger partial charge in [-0.1, -0.05) is 6.07 Å². The number of methoxy groups -OCH3 is 1. The number of benzene rings is 2. The van der Waals surface area contributed by atoms with Gasteiger partial charge in [-0.2, -0.15) is 0 Å². The van der Waals surface area contributed by atoms with Crippen LogP contribution in [-0.4, -0.2) is 55.7 Å². The van der Waals surface area contributed by atoms with E-state index in [0.29, 0.717) is 5.56 Å². The van der Waals surface area contributed by atoms with E-state index in [1.165, 1.54) is 12.1 Å². The maximum Gasteiger partial charge on any atom is 0.259 e. The van der Waals surface area contributed by atoms with E-state index < -0.39 is 86.0 Å². The smallest absolute Gasteiger partial charge is 0.259 e. The van der Waals surface area contributed by atoms with Crippen LogP contribution in [0, 0.1) is 0 Å². The monoisotopic (exact) mass is 503 g/mol. The second-order valence-corrected chi connectivity index (χ2v) is 9.17. The van der Waals surface area contributed by atoms with E-state index in [4.69, 9.17) is 4.74 Å². The van der Waals surface area contributed by atoms with Crippen LogP contribution in [-0.2, 0) is 23.2 Å². The number of ether oxygens (including phenoxy) is 1. The number of aromatic hydroxyl groups is 3. The number of allylic oxidation sites excluding steroid dienone is 2. The van der Waals surface area contributed by atoms with E-state index >= 15 is 0 Å². The topological polar surface area (TPSA) is 191 Å². The van der Waals surface area contributed by atoms with Crippen LogP contribution in [0.25, 0.3) is 10.8 Å². The van der Waals surface area contributed by atoms with Gasteiger partial charge in [-0.15, -0.1) is 0 Å². The van der Waals surface area contributed by atoms with Gasteiger partial charge in [0.05, 0.1) is 41.4 Å². The van der Waals surface area contributed by atoms with Crippen LogP contribution in [0.1, 0.15) is 64.7 Å². The number of hydrogen-bond donors (Lipinski definition) is 5. The molecule has 0 amide bonds. The first-order chi connectivity index (χ1) is 17.6. The van der Waals surface area contributed by atoms with Crippen molar-refractivity contribution in [3.05, 3.63) is 73.4 Å². The van der Waals surface area contributed by atoms with Crippen molar-refractivity contribution in [3.63, 3.8) is 0 Å². The molecule has 11 nitrogen and oxygen atoms in total. The lowest BCUT2D eigenvalue weighted by atomic mass is 9.76. The molecule has 1 heterocycles. The maximum atomic E-state index is 13.9. The Kier molecular flexibility index (Phi) is 4.38. The molecule has 0 bridgehead atoms. The van der Waals surface area contributed by atoms with Crippen molar-refractivity contribution in [2.24, 2.45) is 0 Å². The zero-order chi connectivity index (χ0) is 26.5. The van der Waals surface area contributed by atoms with Gasteiger partial charge < -0.3 is 30.1 Å². The van der Waals surface area contributed by atoms with Crippen LogP contribution in [0.3, 0.4) is 0 Å². The molecule has 0 saturated heterocycles. The molecule has 1 atom stereocenters. The van der Waals surface area contributed by atoms with E-state index in [-0.39, 0.29) is 34.9 Å². The summed E-state index contributed by atoms with van der Waals surface area (Å²) in [7, 11) is 1.13. The number of phenolic OH excluding ortho intramolecular Hbond substituents is 3. The first kappa shape index (κ1) is 22.7. The molecule has 1 aromatic heterocycles. The molecule has 186 valence electrons. The molecule has 0 aliphatic heterocycles. The van der Waals surface area contributed by atoms with Gasteiger partial charge in [0.2, 0.25) is 5.78 Å². The molecule has 0 radical (unpaired) electrons. The van der Waals surface area contributed by atoms with Crippen LogP contribution < -0.4 is 5.56 Å². The Bertz CT molecular complexity index is 1780. The number of aromatic nitrogens is 1. The summed E-state index contributed by atoms with van der Waals surface area (Å²) in [6.07, 6.45) is 0.777. The number of nitrogens with one attached hydrogen (secondary N) is 1. The Labute approximate surface area is 206 Å². The Morgan fingerprint density at radius 1 is 0.919 bits per heavy atom. The summed E-state index contributed by atoms with van der Waals surface area (Å²) in [5.41, 5.74) is -4.97. The summed E-state index contributed by atoms with van der Waals surface area (Å²) in [4.78, 5) is 68.4. The predicted molar refractivity (Wildman–Crippen MR) is 124 cm³/mol. The highest BCUT2D eigenvalue weighted by atomic mass is 16.5. The number of rotatable bonds is 2. The lowest BCUT2D eigenvalue weighted by Gasteiger charge is -2.22. The van der Waals surface area contributed by atoms with Crippen molar-refractivity contribution >= 4 is 33.9 Å². The second kappa shape index (κ2) is 7.14. The third-order valence-electron chi connectivity index (χ3n) is 7.47. The lowest BCUT2D eigenvalue weighted by Crippen LogP contribution is -2.36. The fraction of sp³-hybridized carbons (Fsp3) is 0.192. The average Bonchev–Trinajstić information content (AvgIpc) is 3.35. The molecular formula is C26H17NO10. The Morgan fingerprint density at radius 3 is 2.19 bits per heavy atom. The molecule has 3 aliphatic carbocycles. The van der Waals surface area contributed by atoms with Gasteiger partial charge in [0, 0.05) is 17.3 Å². The van der Waals surface area contributed by atoms with Gasteiger partial charge >= 0.3 is 0 Å². The minimum Gasteiger partial charge on any atom is -0.507 e. The quantitative estimate of drug-likeness (QED) is 0.252. The number of phenols is 3. The molecule has 3 aromatic rings. The summed E-state index contributed by atoms with van der Waals surface area (Å²) in [6.45, 7) is -0.459. The fourth-order valence-electron chi connectivity index (χ4n) is 5.88. The van der Waals surface area contributed by atoms with Crippen LogP contribution in [0.15, 0.2) is 28.8 Å². The molecule has 0 saturated carbocycles. The Hall–Kier alpha value is -4.77. The van der Waals surface area contributed by atoms with Crippen molar-refractivity contribution in [2.75, 3.05) is 7.11 Å². The third-order valence-corrected chi connectivity index (χ3v) is 7.47. The number of carbonyl (C=O) groups is 4. The average molecular weight is 503 g/mol. The number of Topliss-reactive ketones (excluding diaryl/α,β-unsaturated/α-hetero) is 3. The molecule has 5 N–H and O–H groups in total. The summed E-state index contributed by atoms with van der Waals surface area (Å²) in [5.74, 6) is -6.73. The number of H-pyrrole nitrogens is 1. The number of aliphatic hydroxyl groups is 1. The molecular weight excluding hydrogens is 486 g/mol. The van der Waals surface area contributed by atoms with Crippen LogP contribution >= 0.6 is 0 Å². The van der Waals surface area contributed by atoms with Crippen LogP contribution in [0.2, 0.25) is 0 Å². The molecule has 1 unspecified atom stereocenters. The van der Waals surface area contributed by atoms with Crippen molar-refractivity contribution in [3.8, 4) is 17.2 Å². The first-order valence-corrected chi connectivity index (χ1v) is 11.2. The van der Waals surface area contributed by atoms with Gasteiger partial charge in [0.15, 0.2) is 23.1 Å². The van der Waals surface area contributed by atoms with Crippen molar-refractivity contribution in [1.82, 2.24) is 4.98 Å². The summed E-state index contributed by atoms with van der Waals surface area (Å²) in [6, 6.07) is 2.99. The summed E-state index contributed by atoms with van der Waals surface area (Å²) >= 11 is 0. The zero-order valence-electron chi connectivity index (χ0n) is 19.1. The largest absolute Gasteiger partial charge is 0.507 e. The zero-order valence-corrected chi connectivity index (χ0v) is 19.1.